The number of halogens is 3. The maximum atomic E-state index is 16.9. The number of pyridine rings is 1. The zero-order valence-corrected chi connectivity index (χ0v) is 27.2. The average molecular weight is 647 g/mol. The van der Waals surface area contributed by atoms with E-state index in [1.165, 1.54) is 4.90 Å². The van der Waals surface area contributed by atoms with Crippen molar-refractivity contribution in [1.29, 1.82) is 5.26 Å². The topological polar surface area (TPSA) is 87.3 Å². The van der Waals surface area contributed by atoms with Crippen molar-refractivity contribution in [3.05, 3.63) is 65.0 Å². The number of aromatic nitrogens is 3. The Kier molecular flexibility index (Phi) is 8.75. The van der Waals surface area contributed by atoms with E-state index in [0.29, 0.717) is 51.0 Å². The fourth-order valence-corrected chi connectivity index (χ4v) is 7.53. The number of aryl methyl sites for hydroxylation is 2. The molecule has 2 aliphatic rings. The van der Waals surface area contributed by atoms with E-state index in [0.717, 1.165) is 24.9 Å². The number of fused-ring (bicyclic) bond motifs is 3. The predicted octanol–water partition coefficient (Wildman–Crippen LogP) is 7.45. The third-order valence-corrected chi connectivity index (χ3v) is 10.2. The molecule has 2 aromatic carbocycles. The van der Waals surface area contributed by atoms with Crippen LogP contribution in [0.2, 0.25) is 5.02 Å². The SMILES string of the molecule is C=C(F)C(=O)N1CC[C@H](n2cnc3c(OC(C)[C@@H]4CCCN4C)nc4c(F)c(-c5cccc(C)c5Cl)c(C)cc4c32)C[C@H]1CC#N. The minimum atomic E-state index is -1.05. The van der Waals surface area contributed by atoms with Crippen LogP contribution < -0.4 is 4.74 Å². The minimum Gasteiger partial charge on any atom is -0.471 e. The predicted molar refractivity (Wildman–Crippen MR) is 175 cm³/mol. The van der Waals surface area contributed by atoms with Crippen molar-refractivity contribution < 1.29 is 18.3 Å². The van der Waals surface area contributed by atoms with Crippen LogP contribution in [-0.2, 0) is 4.79 Å². The molecule has 4 heterocycles. The summed E-state index contributed by atoms with van der Waals surface area (Å²) in [6.07, 6.45) is 4.43. The lowest BCUT2D eigenvalue weighted by atomic mass is 9.93. The van der Waals surface area contributed by atoms with Crippen LogP contribution in [0.4, 0.5) is 8.78 Å². The van der Waals surface area contributed by atoms with E-state index in [-0.39, 0.29) is 42.5 Å². The Bertz CT molecular complexity index is 1900. The Morgan fingerprint density at radius 1 is 1.24 bits per heavy atom. The Balaban J connectivity index is 1.53. The Morgan fingerprint density at radius 2 is 2.02 bits per heavy atom. The molecule has 0 aliphatic carbocycles. The van der Waals surface area contributed by atoms with Gasteiger partial charge in [0.1, 0.15) is 11.6 Å². The molecule has 4 aromatic rings. The maximum absolute atomic E-state index is 16.9. The monoisotopic (exact) mass is 646 g/mol. The maximum Gasteiger partial charge on any atom is 0.282 e. The van der Waals surface area contributed by atoms with Crippen LogP contribution in [0.25, 0.3) is 33.1 Å². The van der Waals surface area contributed by atoms with Crippen LogP contribution in [0.1, 0.15) is 56.2 Å². The largest absolute Gasteiger partial charge is 0.471 e. The molecule has 0 saturated carbocycles. The van der Waals surface area contributed by atoms with E-state index in [4.69, 9.17) is 26.3 Å². The molecule has 0 radical (unpaired) electrons. The fraction of sp³-hybridized carbons (Fsp3) is 0.429. The number of hydrogen-bond acceptors (Lipinski definition) is 6. The van der Waals surface area contributed by atoms with E-state index in [9.17, 15) is 14.4 Å². The Hall–Kier alpha value is -4.07. The number of amides is 1. The van der Waals surface area contributed by atoms with Crippen molar-refractivity contribution in [2.45, 2.75) is 77.1 Å². The van der Waals surface area contributed by atoms with Crippen molar-refractivity contribution >= 4 is 39.4 Å². The molecule has 4 atom stereocenters. The van der Waals surface area contributed by atoms with Gasteiger partial charge in [-0.15, -0.1) is 0 Å². The summed E-state index contributed by atoms with van der Waals surface area (Å²) in [7, 11) is 2.07. The molecule has 6 rings (SSSR count). The van der Waals surface area contributed by atoms with Crippen molar-refractivity contribution in [2.24, 2.45) is 0 Å². The van der Waals surface area contributed by atoms with Gasteiger partial charge in [0.25, 0.3) is 5.91 Å². The van der Waals surface area contributed by atoms with E-state index in [2.05, 4.69) is 24.6 Å². The van der Waals surface area contributed by atoms with Gasteiger partial charge >= 0.3 is 0 Å². The summed E-state index contributed by atoms with van der Waals surface area (Å²) in [5.74, 6) is -2.11. The van der Waals surface area contributed by atoms with Gasteiger partial charge in [0, 0.05) is 41.2 Å². The molecule has 46 heavy (non-hydrogen) atoms. The van der Waals surface area contributed by atoms with Crippen LogP contribution >= 0.6 is 11.6 Å². The zero-order chi connectivity index (χ0) is 32.9. The highest BCUT2D eigenvalue weighted by molar-refractivity contribution is 6.34. The molecule has 2 aromatic heterocycles. The number of rotatable bonds is 7. The number of piperidine rings is 1. The minimum absolute atomic E-state index is 0.0413. The second kappa shape index (κ2) is 12.6. The summed E-state index contributed by atoms with van der Waals surface area (Å²) in [5, 5.41) is 10.6. The number of benzene rings is 2. The quantitative estimate of drug-likeness (QED) is 0.194. The molecule has 0 bridgehead atoms. The van der Waals surface area contributed by atoms with E-state index in [1.54, 1.807) is 12.4 Å². The number of ether oxygens (including phenoxy) is 1. The molecule has 240 valence electrons. The van der Waals surface area contributed by atoms with Crippen LogP contribution in [0.15, 0.2) is 43.0 Å². The number of carbonyl (C=O) groups excluding carboxylic acids is 1. The second-order valence-corrected chi connectivity index (χ2v) is 13.0. The van der Waals surface area contributed by atoms with E-state index >= 15 is 4.39 Å². The van der Waals surface area contributed by atoms with Crippen LogP contribution in [0, 0.1) is 31.0 Å². The average Bonchev–Trinajstić information content (AvgIpc) is 3.67. The molecule has 2 aliphatic heterocycles. The molecule has 1 unspecified atom stereocenters. The van der Waals surface area contributed by atoms with Crippen LogP contribution in [0.3, 0.4) is 0 Å². The zero-order valence-electron chi connectivity index (χ0n) is 26.5. The van der Waals surface area contributed by atoms with E-state index < -0.39 is 23.6 Å². The van der Waals surface area contributed by atoms with Gasteiger partial charge in [0.05, 0.1) is 29.4 Å². The Labute approximate surface area is 272 Å². The van der Waals surface area contributed by atoms with Crippen molar-refractivity contribution in [3.63, 3.8) is 0 Å². The summed E-state index contributed by atoms with van der Waals surface area (Å²) in [4.78, 5) is 25.8. The van der Waals surface area contributed by atoms with Gasteiger partial charge in [-0.3, -0.25) is 9.69 Å². The summed E-state index contributed by atoms with van der Waals surface area (Å²) in [6, 6.07) is 9.05. The van der Waals surface area contributed by atoms with Gasteiger partial charge in [-0.1, -0.05) is 36.4 Å². The van der Waals surface area contributed by atoms with Gasteiger partial charge in [0.2, 0.25) is 5.88 Å². The van der Waals surface area contributed by atoms with Gasteiger partial charge in [-0.25, -0.2) is 18.7 Å². The second-order valence-electron chi connectivity index (χ2n) is 12.6. The molecule has 0 N–H and O–H groups in total. The highest BCUT2D eigenvalue weighted by atomic mass is 35.5. The summed E-state index contributed by atoms with van der Waals surface area (Å²) < 4.78 is 39.2. The highest BCUT2D eigenvalue weighted by Crippen LogP contribution is 2.42. The number of carbonyl (C=O) groups is 1. The lowest BCUT2D eigenvalue weighted by molar-refractivity contribution is -0.132. The summed E-state index contributed by atoms with van der Waals surface area (Å²) >= 11 is 6.70. The third kappa shape index (κ3) is 5.50. The summed E-state index contributed by atoms with van der Waals surface area (Å²) in [6.45, 7) is 10.1. The van der Waals surface area contributed by atoms with Crippen LogP contribution in [-0.4, -0.2) is 68.6 Å². The molecular formula is C35H37ClF2N6O2. The first-order chi connectivity index (χ1) is 22.0. The first-order valence-corrected chi connectivity index (χ1v) is 16.0. The Morgan fingerprint density at radius 3 is 2.72 bits per heavy atom. The fourth-order valence-electron chi connectivity index (χ4n) is 7.31. The smallest absolute Gasteiger partial charge is 0.282 e. The first-order valence-electron chi connectivity index (χ1n) is 15.7. The molecule has 11 heteroatoms. The number of imidazole rings is 1. The molecule has 2 saturated heterocycles. The number of likely N-dealkylation sites (tertiary alicyclic amines) is 2. The molecule has 8 nitrogen and oxygen atoms in total. The normalized spacial score (nSPS) is 21.1. The number of nitriles is 1. The number of nitrogens with zero attached hydrogens (tertiary/aromatic N) is 6. The van der Waals surface area contributed by atoms with Gasteiger partial charge < -0.3 is 14.2 Å². The number of hydrogen-bond donors (Lipinski definition) is 0. The third-order valence-electron chi connectivity index (χ3n) is 9.68. The highest BCUT2D eigenvalue weighted by Gasteiger charge is 2.35. The van der Waals surface area contributed by atoms with Crippen molar-refractivity contribution in [2.75, 3.05) is 20.1 Å². The molecular weight excluding hydrogens is 610 g/mol. The van der Waals surface area contributed by atoms with E-state index in [1.807, 2.05) is 43.5 Å². The molecule has 0 spiro atoms. The lowest BCUT2D eigenvalue weighted by Gasteiger charge is -2.38. The first kappa shape index (κ1) is 31.9. The van der Waals surface area contributed by atoms with Crippen molar-refractivity contribution in [3.8, 4) is 23.1 Å². The summed E-state index contributed by atoms with van der Waals surface area (Å²) in [5.41, 5.74) is 3.80. The van der Waals surface area contributed by atoms with Gasteiger partial charge in [0.15, 0.2) is 17.2 Å². The number of likely N-dealkylation sites (N-methyl/N-ethyl adjacent to an activating group) is 1. The standard InChI is InChI=1S/C35H37ClF2N6O2/c1-19-8-6-9-25(29(19)36)28-20(2)16-26-31(30(28)38)41-34(46-22(4)27-10-7-14-42(27)5)32-33(26)44(18-40-32)24-12-15-43(35(45)21(3)37)23(17-24)11-13-39/h6,8-9,16,18,22-24,27H,3,7,10-12,14-15,17H2,1-2,4-5H3/t22?,23-,24+,27+/m1/s1. The van der Waals surface area contributed by atoms with Gasteiger partial charge in [-0.2, -0.15) is 5.26 Å². The van der Waals surface area contributed by atoms with Crippen molar-refractivity contribution in [1.82, 2.24) is 24.3 Å². The molecule has 2 fully saturated rings. The lowest BCUT2D eigenvalue weighted by Crippen LogP contribution is -2.46. The van der Waals surface area contributed by atoms with Gasteiger partial charge in [-0.05, 0) is 77.2 Å². The molecule has 1 amide bonds. The van der Waals surface area contributed by atoms with Crippen LogP contribution in [0.5, 0.6) is 5.88 Å².